The number of H-pyrrole nitrogens is 1. The molecule has 1 heterocycles. The van der Waals surface area contributed by atoms with E-state index in [0.717, 1.165) is 27.1 Å². The van der Waals surface area contributed by atoms with E-state index >= 15 is 0 Å². The minimum Gasteiger partial charge on any atom is -0.494 e. The van der Waals surface area contributed by atoms with Crippen LogP contribution in [0.2, 0.25) is 0 Å². The van der Waals surface area contributed by atoms with Gasteiger partial charge in [0, 0.05) is 44.4 Å². The van der Waals surface area contributed by atoms with Gasteiger partial charge in [-0.05, 0) is 79.7 Å². The van der Waals surface area contributed by atoms with Crippen LogP contribution in [-0.4, -0.2) is 34.9 Å². The lowest BCUT2D eigenvalue weighted by atomic mass is 10.1. The third-order valence-electron chi connectivity index (χ3n) is 6.42. The van der Waals surface area contributed by atoms with Crippen LogP contribution in [0.25, 0.3) is 17.0 Å². The van der Waals surface area contributed by atoms with Crippen LogP contribution in [0.15, 0.2) is 120 Å². The maximum Gasteiger partial charge on any atom is 0.272 e. The van der Waals surface area contributed by atoms with Crippen LogP contribution in [0, 0.1) is 0 Å². The van der Waals surface area contributed by atoms with E-state index in [1.165, 1.54) is 11.8 Å². The quantitative estimate of drug-likeness (QED) is 0.0899. The summed E-state index contributed by atoms with van der Waals surface area (Å²) < 4.78 is 5.43. The van der Waals surface area contributed by atoms with Gasteiger partial charge >= 0.3 is 0 Å². The van der Waals surface area contributed by atoms with Gasteiger partial charge < -0.3 is 20.4 Å². The number of aromatic amines is 1. The zero-order chi connectivity index (χ0) is 29.3. The molecule has 5 rings (SSSR count). The third-order valence-corrected chi connectivity index (χ3v) is 7.43. The fourth-order valence-electron chi connectivity index (χ4n) is 4.28. The number of benzene rings is 4. The van der Waals surface area contributed by atoms with Crippen molar-refractivity contribution in [2.24, 2.45) is 0 Å². The Morgan fingerprint density at radius 1 is 0.833 bits per heavy atom. The zero-order valence-electron chi connectivity index (χ0n) is 22.9. The summed E-state index contributed by atoms with van der Waals surface area (Å²) >= 11 is 1.42. The average molecular weight is 576 g/mol. The number of amides is 2. The number of carbonyl (C=O) groups is 3. The van der Waals surface area contributed by atoms with E-state index in [-0.39, 0.29) is 23.1 Å². The molecule has 0 spiro atoms. The van der Waals surface area contributed by atoms with Crippen LogP contribution < -0.4 is 15.4 Å². The summed E-state index contributed by atoms with van der Waals surface area (Å²) in [6.45, 7) is 2.49. The highest BCUT2D eigenvalue weighted by atomic mass is 32.2. The topological polar surface area (TPSA) is 100 Å². The molecule has 7 nitrogen and oxygen atoms in total. The summed E-state index contributed by atoms with van der Waals surface area (Å²) in [5, 5.41) is 6.57. The summed E-state index contributed by atoms with van der Waals surface area (Å²) in [5.74, 6) is 0.180. The second-order valence-corrected chi connectivity index (χ2v) is 10.4. The summed E-state index contributed by atoms with van der Waals surface area (Å²) in [4.78, 5) is 43.0. The summed E-state index contributed by atoms with van der Waals surface area (Å²) in [7, 11) is 0. The van der Waals surface area contributed by atoms with Gasteiger partial charge in [-0.2, -0.15) is 0 Å². The van der Waals surface area contributed by atoms with Gasteiger partial charge in [-0.25, -0.2) is 0 Å². The van der Waals surface area contributed by atoms with Crippen molar-refractivity contribution in [3.05, 3.63) is 132 Å². The Morgan fingerprint density at radius 3 is 2.29 bits per heavy atom. The largest absolute Gasteiger partial charge is 0.494 e. The first kappa shape index (κ1) is 28.4. The van der Waals surface area contributed by atoms with Crippen LogP contribution in [0.3, 0.4) is 0 Å². The number of hydrogen-bond donors (Lipinski definition) is 3. The van der Waals surface area contributed by atoms with Crippen molar-refractivity contribution < 1.29 is 19.1 Å². The molecular weight excluding hydrogens is 546 g/mol. The van der Waals surface area contributed by atoms with Gasteiger partial charge in [0.05, 0.1) is 12.4 Å². The van der Waals surface area contributed by atoms with E-state index < -0.39 is 5.91 Å². The number of anilines is 1. The highest BCUT2D eigenvalue weighted by Gasteiger charge is 2.16. The van der Waals surface area contributed by atoms with Gasteiger partial charge in [0.15, 0.2) is 5.78 Å². The van der Waals surface area contributed by atoms with Gasteiger partial charge in [0.2, 0.25) is 0 Å². The number of ketones is 1. The van der Waals surface area contributed by atoms with Crippen LogP contribution in [-0.2, 0) is 4.79 Å². The Bertz CT molecular complexity index is 1730. The molecule has 0 saturated carbocycles. The van der Waals surface area contributed by atoms with E-state index in [9.17, 15) is 14.4 Å². The number of nitrogens with one attached hydrogen (secondary N) is 3. The predicted molar refractivity (Wildman–Crippen MR) is 168 cm³/mol. The van der Waals surface area contributed by atoms with Crippen molar-refractivity contribution in [1.29, 1.82) is 0 Å². The van der Waals surface area contributed by atoms with Gasteiger partial charge in [-0.15, -0.1) is 11.8 Å². The van der Waals surface area contributed by atoms with Crippen molar-refractivity contribution >= 4 is 52.0 Å². The van der Waals surface area contributed by atoms with Crippen molar-refractivity contribution in [2.45, 2.75) is 11.8 Å². The predicted octanol–water partition coefficient (Wildman–Crippen LogP) is 6.95. The number of aromatic nitrogens is 1. The molecule has 0 saturated heterocycles. The molecule has 1 aromatic heterocycles. The number of hydrogen-bond acceptors (Lipinski definition) is 5. The molecule has 3 N–H and O–H groups in total. The van der Waals surface area contributed by atoms with Crippen molar-refractivity contribution in [2.75, 3.05) is 17.7 Å². The number of fused-ring (bicyclic) bond motifs is 1. The third kappa shape index (κ3) is 7.16. The zero-order valence-corrected chi connectivity index (χ0v) is 23.7. The Labute approximate surface area is 248 Å². The highest BCUT2D eigenvalue weighted by molar-refractivity contribution is 8.00. The number of rotatable bonds is 11. The lowest BCUT2D eigenvalue weighted by molar-refractivity contribution is -0.113. The van der Waals surface area contributed by atoms with Crippen LogP contribution in [0.1, 0.15) is 33.2 Å². The van der Waals surface area contributed by atoms with Gasteiger partial charge in [-0.3, -0.25) is 14.4 Å². The number of carbonyl (C=O) groups excluding carboxylic acids is 3. The lowest BCUT2D eigenvalue weighted by Crippen LogP contribution is -2.30. The minimum atomic E-state index is -0.462. The molecule has 0 fully saturated rings. The smallest absolute Gasteiger partial charge is 0.272 e. The van der Waals surface area contributed by atoms with Crippen LogP contribution >= 0.6 is 11.8 Å². The SMILES string of the molecule is CCOc1ccc(C(=O)CSc2ccc(NC(=O)/C(=C/c3c[nH]c4ccccc34)NC(=O)c3ccccc3)cc2)cc1. The van der Waals surface area contributed by atoms with E-state index in [1.54, 1.807) is 72.9 Å². The molecule has 210 valence electrons. The molecule has 42 heavy (non-hydrogen) atoms. The maximum absolute atomic E-state index is 13.4. The van der Waals surface area contributed by atoms with Crippen molar-refractivity contribution in [3.63, 3.8) is 0 Å². The Morgan fingerprint density at radius 2 is 1.55 bits per heavy atom. The summed E-state index contributed by atoms with van der Waals surface area (Å²) in [6, 6.07) is 30.8. The molecule has 0 aliphatic carbocycles. The second-order valence-electron chi connectivity index (χ2n) is 9.32. The molecule has 0 aliphatic rings. The van der Waals surface area contributed by atoms with Crippen LogP contribution in [0.5, 0.6) is 5.75 Å². The lowest BCUT2D eigenvalue weighted by Gasteiger charge is -2.12. The summed E-state index contributed by atoms with van der Waals surface area (Å²) in [6.07, 6.45) is 3.46. The molecule has 5 aromatic rings. The van der Waals surface area contributed by atoms with E-state index in [4.69, 9.17) is 4.74 Å². The monoisotopic (exact) mass is 575 g/mol. The molecule has 0 unspecified atom stereocenters. The summed E-state index contributed by atoms with van der Waals surface area (Å²) in [5.41, 5.74) is 3.42. The first-order valence-corrected chi connectivity index (χ1v) is 14.4. The number of ether oxygens (including phenoxy) is 1. The highest BCUT2D eigenvalue weighted by Crippen LogP contribution is 2.24. The van der Waals surface area contributed by atoms with E-state index in [0.29, 0.717) is 23.4 Å². The van der Waals surface area contributed by atoms with E-state index in [1.807, 2.05) is 49.4 Å². The van der Waals surface area contributed by atoms with Gasteiger partial charge in [-0.1, -0.05) is 36.4 Å². The molecule has 4 aromatic carbocycles. The minimum absolute atomic E-state index is 0.0154. The molecule has 8 heteroatoms. The van der Waals surface area contributed by atoms with E-state index in [2.05, 4.69) is 15.6 Å². The average Bonchev–Trinajstić information content (AvgIpc) is 3.44. The molecule has 0 aliphatic heterocycles. The second kappa shape index (κ2) is 13.5. The fourth-order valence-corrected chi connectivity index (χ4v) is 5.07. The number of para-hydroxylation sites is 1. The Kier molecular flexibility index (Phi) is 9.16. The van der Waals surface area contributed by atoms with Crippen molar-refractivity contribution in [3.8, 4) is 5.75 Å². The molecule has 0 radical (unpaired) electrons. The molecule has 2 amide bonds. The standard InChI is InChI=1S/C34H29N3O4S/c1-2-41-27-16-12-23(13-17-27)32(38)22-42-28-18-14-26(15-19-28)36-34(40)31(37-33(39)24-8-4-3-5-9-24)20-25-21-35-30-11-7-6-10-29(25)30/h3-21,35H,2,22H2,1H3,(H,36,40)(H,37,39)/b31-20-. The van der Waals surface area contributed by atoms with Gasteiger partial charge in [0.1, 0.15) is 11.4 Å². The molecule has 0 atom stereocenters. The molecule has 0 bridgehead atoms. The fraction of sp³-hybridized carbons (Fsp3) is 0.0882. The maximum atomic E-state index is 13.4. The van der Waals surface area contributed by atoms with Gasteiger partial charge in [0.25, 0.3) is 11.8 Å². The normalized spacial score (nSPS) is 11.2. The number of Topliss-reactive ketones (excluding diaryl/α,β-unsaturated/α-hetero) is 1. The molecular formula is C34H29N3O4S. The van der Waals surface area contributed by atoms with Crippen LogP contribution in [0.4, 0.5) is 5.69 Å². The van der Waals surface area contributed by atoms with Crippen molar-refractivity contribution in [1.82, 2.24) is 10.3 Å². The first-order chi connectivity index (χ1) is 20.5. The Hall–Kier alpha value is -5.08. The first-order valence-electron chi connectivity index (χ1n) is 13.4. The Balaban J connectivity index is 1.27. The number of thioether (sulfide) groups is 1.